The number of rotatable bonds is 11. The number of fused-ring (bicyclic) bond motifs is 6. The van der Waals surface area contributed by atoms with E-state index in [0.717, 1.165) is 20.8 Å². The molecule has 4 saturated heterocycles. The van der Waals surface area contributed by atoms with E-state index < -0.39 is 197 Å². The Hall–Kier alpha value is -7.27. The van der Waals surface area contributed by atoms with Gasteiger partial charge >= 0.3 is 17.9 Å². The molecule has 0 amide bonds. The predicted molar refractivity (Wildman–Crippen MR) is 317 cm³/mol. The van der Waals surface area contributed by atoms with Gasteiger partial charge in [-0.05, 0) is 93.0 Å². The van der Waals surface area contributed by atoms with Crippen LogP contribution in [0.4, 0.5) is 0 Å². The first-order chi connectivity index (χ1) is 44.3. The lowest BCUT2D eigenvalue weighted by Gasteiger charge is -2.48. The Morgan fingerprint density at radius 3 is 0.817 bits per heavy atom. The summed E-state index contributed by atoms with van der Waals surface area (Å²) in [5, 5.41) is 169. The van der Waals surface area contributed by atoms with Crippen molar-refractivity contribution in [3.8, 4) is 69.6 Å². The van der Waals surface area contributed by atoms with Gasteiger partial charge in [-0.15, -0.1) is 0 Å². The minimum atomic E-state index is -2.10. The summed E-state index contributed by atoms with van der Waals surface area (Å²) in [4.78, 5) is 41.9. The van der Waals surface area contributed by atoms with Gasteiger partial charge in [0.1, 0.15) is 141 Å². The molecule has 4 aliphatic heterocycles. The number of hydrogen-bond acceptors (Lipinski definition) is 26. The summed E-state index contributed by atoms with van der Waals surface area (Å²) in [6.07, 6.45) is -34.3. The predicted octanol–water partition coefficient (Wildman–Crippen LogP) is -5.25. The molecule has 494 valence electrons. The molecular formula is C67H70O26. The number of benzene rings is 4. The molecule has 0 bridgehead atoms. The molecule has 20 atom stereocenters. The van der Waals surface area contributed by atoms with Gasteiger partial charge in [0.25, 0.3) is 0 Å². The van der Waals surface area contributed by atoms with Crippen LogP contribution >= 0.6 is 0 Å². The van der Waals surface area contributed by atoms with E-state index in [-0.39, 0.29) is 44.5 Å². The van der Waals surface area contributed by atoms with Gasteiger partial charge in [-0.2, -0.15) is 0 Å². The van der Waals surface area contributed by atoms with Crippen LogP contribution in [0, 0.1) is 47.4 Å². The molecule has 26 nitrogen and oxygen atoms in total. The third kappa shape index (κ3) is 12.8. The SMILES string of the molecule is CC(=O)OCC1(C(OC(C)=O)C2(COC(C)=O)c3cc(C#CC4OC(CO)C(O)C(O)C4O)ccc3-c3ccc(C#CC4OC(CO)C(O)C(O)C4O)cc32)c2cc(C#CC3OC(CO)C(O)C(O)C3O)ccc2-c2ccc(C#CC3OC(CO)C(O)C(O)C3O)cc21. The highest BCUT2D eigenvalue weighted by atomic mass is 16.6. The van der Waals surface area contributed by atoms with Crippen molar-refractivity contribution in [3.63, 3.8) is 0 Å². The van der Waals surface area contributed by atoms with Crippen molar-refractivity contribution in [2.24, 2.45) is 0 Å². The third-order valence-corrected chi connectivity index (χ3v) is 17.8. The summed E-state index contributed by atoms with van der Waals surface area (Å²) in [6.45, 7) is -1.19. The van der Waals surface area contributed by atoms with Crippen LogP contribution in [0.25, 0.3) is 22.3 Å². The number of hydrogen-bond donors (Lipinski definition) is 16. The fraction of sp³-hybridized carbons (Fsp3) is 0.478. The molecule has 6 aliphatic rings. The van der Waals surface area contributed by atoms with Crippen LogP contribution in [0.5, 0.6) is 0 Å². The molecule has 10 rings (SSSR count). The molecular weight excluding hydrogens is 1220 g/mol. The van der Waals surface area contributed by atoms with E-state index in [1.165, 1.54) is 0 Å². The minimum absolute atomic E-state index is 0.146. The summed E-state index contributed by atoms with van der Waals surface area (Å²) in [7, 11) is 0. The Morgan fingerprint density at radius 1 is 0.376 bits per heavy atom. The molecule has 20 unspecified atom stereocenters. The summed E-state index contributed by atoms with van der Waals surface area (Å²) >= 11 is 0. The smallest absolute Gasteiger partial charge is 0.302 e. The van der Waals surface area contributed by atoms with E-state index in [9.17, 15) is 96.1 Å². The molecule has 0 spiro atoms. The molecule has 4 aromatic rings. The number of ether oxygens (including phenoxy) is 7. The van der Waals surface area contributed by atoms with Gasteiger partial charge in [0.2, 0.25) is 0 Å². The molecule has 0 aromatic heterocycles. The summed E-state index contributed by atoms with van der Waals surface area (Å²) < 4.78 is 42.1. The highest BCUT2D eigenvalue weighted by Crippen LogP contribution is 2.61. The van der Waals surface area contributed by atoms with Gasteiger partial charge in [-0.3, -0.25) is 14.4 Å². The molecule has 16 N–H and O–H groups in total. The highest BCUT2D eigenvalue weighted by Gasteiger charge is 2.64. The van der Waals surface area contributed by atoms with Crippen LogP contribution < -0.4 is 0 Å². The molecule has 2 aliphatic carbocycles. The van der Waals surface area contributed by atoms with E-state index >= 15 is 0 Å². The van der Waals surface area contributed by atoms with Crippen molar-refractivity contribution in [2.75, 3.05) is 39.6 Å². The third-order valence-electron chi connectivity index (χ3n) is 17.8. The maximum absolute atomic E-state index is 14.6. The van der Waals surface area contributed by atoms with Gasteiger partial charge in [-0.1, -0.05) is 71.6 Å². The second-order valence-electron chi connectivity index (χ2n) is 23.6. The summed E-state index contributed by atoms with van der Waals surface area (Å²) in [5.41, 5.74) is -1.23. The first-order valence-corrected chi connectivity index (χ1v) is 29.6. The number of aliphatic hydroxyl groups is 16. The Morgan fingerprint density at radius 2 is 0.613 bits per heavy atom. The second kappa shape index (κ2) is 28.0. The van der Waals surface area contributed by atoms with Crippen LogP contribution in [0.1, 0.15) is 65.3 Å². The largest absolute Gasteiger partial charge is 0.464 e. The Kier molecular flexibility index (Phi) is 20.6. The van der Waals surface area contributed by atoms with Crippen molar-refractivity contribution in [1.29, 1.82) is 0 Å². The lowest BCUT2D eigenvalue weighted by Crippen LogP contribution is -2.59. The monoisotopic (exact) mass is 1290 g/mol. The van der Waals surface area contributed by atoms with Crippen LogP contribution in [-0.4, -0.2) is 267 Å². The van der Waals surface area contributed by atoms with E-state index in [4.69, 9.17) is 33.2 Å². The zero-order valence-electron chi connectivity index (χ0n) is 50.0. The lowest BCUT2D eigenvalue weighted by molar-refractivity contribution is -0.214. The van der Waals surface area contributed by atoms with Crippen LogP contribution in [-0.2, 0) is 58.4 Å². The van der Waals surface area contributed by atoms with E-state index in [1.807, 2.05) is 0 Å². The fourth-order valence-corrected chi connectivity index (χ4v) is 12.9. The maximum Gasteiger partial charge on any atom is 0.302 e. The normalized spacial score (nSPS) is 35.0. The number of aliphatic hydroxyl groups excluding tert-OH is 16. The zero-order chi connectivity index (χ0) is 67.1. The topological polar surface area (TPSA) is 440 Å². The van der Waals surface area contributed by atoms with Gasteiger partial charge in [0, 0.05) is 43.0 Å². The second-order valence-corrected chi connectivity index (χ2v) is 23.6. The van der Waals surface area contributed by atoms with Crippen LogP contribution in [0.3, 0.4) is 0 Å². The molecule has 0 saturated carbocycles. The molecule has 4 aromatic carbocycles. The van der Waals surface area contributed by atoms with Crippen molar-refractivity contribution >= 4 is 17.9 Å². The fourth-order valence-electron chi connectivity index (χ4n) is 12.9. The van der Waals surface area contributed by atoms with Gasteiger partial charge < -0.3 is 115 Å². The van der Waals surface area contributed by atoms with E-state index in [2.05, 4.69) is 47.4 Å². The van der Waals surface area contributed by atoms with Crippen molar-refractivity contribution in [3.05, 3.63) is 117 Å². The van der Waals surface area contributed by atoms with E-state index in [0.29, 0.717) is 22.3 Å². The number of esters is 3. The quantitative estimate of drug-likeness (QED) is 0.0379. The summed E-state index contributed by atoms with van der Waals surface area (Å²) in [5.74, 6) is 20.2. The Balaban J connectivity index is 1.27. The highest BCUT2D eigenvalue weighted by molar-refractivity contribution is 5.88. The van der Waals surface area contributed by atoms with Gasteiger partial charge in [0.15, 0.2) is 0 Å². The first kappa shape index (κ1) is 68.6. The Bertz CT molecular complexity index is 3300. The zero-order valence-corrected chi connectivity index (χ0v) is 50.0. The Labute approximate surface area is 531 Å². The van der Waals surface area contributed by atoms with E-state index in [1.54, 1.807) is 72.8 Å². The maximum atomic E-state index is 14.6. The first-order valence-electron chi connectivity index (χ1n) is 29.6. The standard InChI is InChI=1S/C67H70O26/c1-30(72)87-28-66(41-20-33(8-16-45-53(75)61(83)57(79)49(24-68)90-45)4-12-37(41)38-13-5-34(21-42(38)66)9-17-46-54(76)62(84)58(80)50(25-69)91-46)65(89-32(3)74)67(29-88-31(2)73)43-22-35(10-18-47-55(77)63(85)59(81)51(26-70)92-47)6-14-39(43)40-15-7-36(23-44(40)67)11-19-48-56(78)64(86)60(82)52(27-71)93-48/h4-7,12-15,20-23,45-65,68-71,75-86H,24-29H2,1-3H3. The molecule has 0 radical (unpaired) electrons. The average molecular weight is 1290 g/mol. The van der Waals surface area contributed by atoms with Gasteiger partial charge in [0.05, 0.1) is 37.3 Å². The van der Waals surface area contributed by atoms with Crippen LogP contribution in [0.15, 0.2) is 72.8 Å². The molecule has 4 heterocycles. The average Bonchev–Trinajstić information content (AvgIpc) is 1.52. The van der Waals surface area contributed by atoms with Crippen molar-refractivity contribution < 1.29 is 129 Å². The molecule has 93 heavy (non-hydrogen) atoms. The molecule has 26 heteroatoms. The van der Waals surface area contributed by atoms with Crippen LogP contribution in [0.2, 0.25) is 0 Å². The number of carbonyl (C=O) groups is 3. The minimum Gasteiger partial charge on any atom is -0.464 e. The van der Waals surface area contributed by atoms with Crippen molar-refractivity contribution in [2.45, 2.75) is 160 Å². The number of carbonyl (C=O) groups excluding carboxylic acids is 3. The van der Waals surface area contributed by atoms with Gasteiger partial charge in [-0.25, -0.2) is 0 Å². The molecule has 4 fully saturated rings. The lowest BCUT2D eigenvalue weighted by atomic mass is 9.60. The summed E-state index contributed by atoms with van der Waals surface area (Å²) in [6, 6.07) is 19.1. The van der Waals surface area contributed by atoms with Crippen molar-refractivity contribution in [1.82, 2.24) is 0 Å².